The maximum atomic E-state index is 10.5. The summed E-state index contributed by atoms with van der Waals surface area (Å²) < 4.78 is 0. The van der Waals surface area contributed by atoms with Crippen LogP contribution in [0.2, 0.25) is 0 Å². The minimum Gasteiger partial charge on any atom is -0.300 e. The zero-order valence-corrected chi connectivity index (χ0v) is 5.60. The predicted molar refractivity (Wildman–Crippen MR) is 35.1 cm³/mol. The molecule has 2 rings (SSSR count). The lowest BCUT2D eigenvalue weighted by Crippen LogP contribution is -2.23. The Labute approximate surface area is 55.4 Å². The molecule has 0 aromatic heterocycles. The molecule has 0 aromatic rings. The van der Waals surface area contributed by atoms with Crippen molar-refractivity contribution in [3.05, 3.63) is 0 Å². The fourth-order valence-corrected chi connectivity index (χ4v) is 1.58. The molecule has 2 aliphatic carbocycles. The summed E-state index contributed by atoms with van der Waals surface area (Å²) in [7, 11) is 0. The van der Waals surface area contributed by atoms with Crippen LogP contribution in [-0.2, 0) is 4.79 Å². The van der Waals surface area contributed by atoms with E-state index in [-0.39, 0.29) is 0 Å². The summed E-state index contributed by atoms with van der Waals surface area (Å²) in [6.07, 6.45) is 6.02. The van der Waals surface area contributed by atoms with E-state index in [9.17, 15) is 4.79 Å². The molecule has 1 heteroatoms. The summed E-state index contributed by atoms with van der Waals surface area (Å²) in [6.45, 7) is 0. The average molecular weight is 124 g/mol. The SMILES string of the molecule is O=C1CC(CC2CC2)C1. The molecule has 0 spiro atoms. The Morgan fingerprint density at radius 2 is 1.89 bits per heavy atom. The van der Waals surface area contributed by atoms with Crippen LogP contribution in [0, 0.1) is 11.8 Å². The molecule has 0 heterocycles. The maximum absolute atomic E-state index is 10.5. The molecule has 0 atom stereocenters. The van der Waals surface area contributed by atoms with Crippen LogP contribution in [0.15, 0.2) is 0 Å². The van der Waals surface area contributed by atoms with Crippen molar-refractivity contribution in [3.63, 3.8) is 0 Å². The van der Waals surface area contributed by atoms with E-state index in [0.717, 1.165) is 24.7 Å². The lowest BCUT2D eigenvalue weighted by molar-refractivity contribution is -0.127. The number of hydrogen-bond acceptors (Lipinski definition) is 1. The smallest absolute Gasteiger partial charge is 0.133 e. The standard InChI is InChI=1S/C8H12O/c9-8-4-7(5-8)3-6-1-2-6/h6-7H,1-5H2. The molecule has 0 bridgehead atoms. The predicted octanol–water partition coefficient (Wildman–Crippen LogP) is 1.77. The van der Waals surface area contributed by atoms with Crippen molar-refractivity contribution in [2.75, 3.05) is 0 Å². The normalized spacial score (nSPS) is 28.2. The van der Waals surface area contributed by atoms with E-state index in [1.54, 1.807) is 0 Å². The summed E-state index contributed by atoms with van der Waals surface area (Å²) >= 11 is 0. The topological polar surface area (TPSA) is 17.1 Å². The maximum Gasteiger partial charge on any atom is 0.133 e. The van der Waals surface area contributed by atoms with Gasteiger partial charge in [-0.15, -0.1) is 0 Å². The molecule has 1 nitrogen and oxygen atoms in total. The Balaban J connectivity index is 1.70. The van der Waals surface area contributed by atoms with Gasteiger partial charge in [-0.3, -0.25) is 4.79 Å². The number of ketones is 1. The lowest BCUT2D eigenvalue weighted by Gasteiger charge is -2.23. The average Bonchev–Trinajstić information content (AvgIpc) is 2.45. The molecule has 9 heavy (non-hydrogen) atoms. The zero-order chi connectivity index (χ0) is 6.27. The molecular weight excluding hydrogens is 112 g/mol. The van der Waals surface area contributed by atoms with E-state index in [0.29, 0.717) is 5.78 Å². The van der Waals surface area contributed by atoms with Crippen LogP contribution in [0.25, 0.3) is 0 Å². The highest BCUT2D eigenvalue weighted by Crippen LogP contribution is 2.40. The second-order valence-corrected chi connectivity index (χ2v) is 3.49. The molecule has 0 N–H and O–H groups in total. The van der Waals surface area contributed by atoms with E-state index >= 15 is 0 Å². The molecule has 0 radical (unpaired) electrons. The van der Waals surface area contributed by atoms with E-state index in [1.807, 2.05) is 0 Å². The van der Waals surface area contributed by atoms with Crippen molar-refractivity contribution in [2.24, 2.45) is 11.8 Å². The Bertz CT molecular complexity index is 128. The summed E-state index contributed by atoms with van der Waals surface area (Å²) in [4.78, 5) is 10.5. The van der Waals surface area contributed by atoms with Crippen molar-refractivity contribution in [2.45, 2.75) is 32.1 Å². The van der Waals surface area contributed by atoms with Crippen LogP contribution in [0.3, 0.4) is 0 Å². The van der Waals surface area contributed by atoms with Crippen molar-refractivity contribution in [3.8, 4) is 0 Å². The third-order valence-electron chi connectivity index (χ3n) is 2.40. The van der Waals surface area contributed by atoms with Gasteiger partial charge in [-0.1, -0.05) is 12.8 Å². The monoisotopic (exact) mass is 124 g/mol. The minimum atomic E-state index is 0.487. The van der Waals surface area contributed by atoms with Gasteiger partial charge in [0.05, 0.1) is 0 Å². The fraction of sp³-hybridized carbons (Fsp3) is 0.875. The third kappa shape index (κ3) is 1.15. The number of carbonyl (C=O) groups excluding carboxylic acids is 1. The van der Waals surface area contributed by atoms with E-state index < -0.39 is 0 Å². The zero-order valence-electron chi connectivity index (χ0n) is 5.60. The molecule has 2 aliphatic rings. The quantitative estimate of drug-likeness (QED) is 0.548. The van der Waals surface area contributed by atoms with Gasteiger partial charge in [0.1, 0.15) is 5.78 Å². The molecule has 2 fully saturated rings. The molecule has 0 amide bonds. The van der Waals surface area contributed by atoms with Gasteiger partial charge in [0.25, 0.3) is 0 Å². The van der Waals surface area contributed by atoms with Crippen LogP contribution in [0.4, 0.5) is 0 Å². The molecule has 0 aliphatic heterocycles. The van der Waals surface area contributed by atoms with Gasteiger partial charge in [-0.05, 0) is 18.3 Å². The third-order valence-corrected chi connectivity index (χ3v) is 2.40. The fourth-order valence-electron chi connectivity index (χ4n) is 1.58. The second kappa shape index (κ2) is 1.83. The molecule has 50 valence electrons. The second-order valence-electron chi connectivity index (χ2n) is 3.49. The first-order chi connectivity index (χ1) is 4.34. The Morgan fingerprint density at radius 1 is 1.22 bits per heavy atom. The molecule has 2 saturated carbocycles. The van der Waals surface area contributed by atoms with Gasteiger partial charge in [-0.2, -0.15) is 0 Å². The van der Waals surface area contributed by atoms with Crippen molar-refractivity contribution in [1.82, 2.24) is 0 Å². The van der Waals surface area contributed by atoms with Crippen LogP contribution in [0.5, 0.6) is 0 Å². The summed E-state index contributed by atoms with van der Waals surface area (Å²) in [5, 5.41) is 0. The van der Waals surface area contributed by atoms with Crippen LogP contribution in [-0.4, -0.2) is 5.78 Å². The van der Waals surface area contributed by atoms with Crippen molar-refractivity contribution in [1.29, 1.82) is 0 Å². The highest BCUT2D eigenvalue weighted by molar-refractivity contribution is 5.84. The summed E-state index contributed by atoms with van der Waals surface area (Å²) in [6, 6.07) is 0. The van der Waals surface area contributed by atoms with E-state index in [4.69, 9.17) is 0 Å². The van der Waals surface area contributed by atoms with E-state index in [1.165, 1.54) is 19.3 Å². The number of rotatable bonds is 2. The summed E-state index contributed by atoms with van der Waals surface area (Å²) in [5.74, 6) is 2.30. The number of carbonyl (C=O) groups is 1. The van der Waals surface area contributed by atoms with Gasteiger partial charge >= 0.3 is 0 Å². The first-order valence-corrected chi connectivity index (χ1v) is 3.86. The molecule has 0 unspecified atom stereocenters. The first kappa shape index (κ1) is 5.45. The minimum absolute atomic E-state index is 0.487. The highest BCUT2D eigenvalue weighted by Gasteiger charge is 2.32. The largest absolute Gasteiger partial charge is 0.300 e. The molecular formula is C8H12O. The lowest BCUT2D eigenvalue weighted by atomic mass is 9.80. The van der Waals surface area contributed by atoms with Crippen LogP contribution >= 0.6 is 0 Å². The van der Waals surface area contributed by atoms with Crippen LogP contribution < -0.4 is 0 Å². The van der Waals surface area contributed by atoms with Crippen molar-refractivity contribution >= 4 is 5.78 Å². The highest BCUT2D eigenvalue weighted by atomic mass is 16.1. The molecule has 0 aromatic carbocycles. The summed E-state index contributed by atoms with van der Waals surface area (Å²) in [5.41, 5.74) is 0. The van der Waals surface area contributed by atoms with E-state index in [2.05, 4.69) is 0 Å². The Kier molecular flexibility index (Phi) is 1.11. The van der Waals surface area contributed by atoms with Gasteiger partial charge in [0.2, 0.25) is 0 Å². The van der Waals surface area contributed by atoms with Crippen molar-refractivity contribution < 1.29 is 4.79 Å². The van der Waals surface area contributed by atoms with Gasteiger partial charge in [0.15, 0.2) is 0 Å². The first-order valence-electron chi connectivity index (χ1n) is 3.86. The Hall–Kier alpha value is -0.330. The van der Waals surface area contributed by atoms with Gasteiger partial charge in [0, 0.05) is 12.8 Å². The van der Waals surface area contributed by atoms with Gasteiger partial charge < -0.3 is 0 Å². The Morgan fingerprint density at radius 3 is 2.33 bits per heavy atom. The number of hydrogen-bond donors (Lipinski definition) is 0. The number of Topliss-reactive ketones (excluding diaryl/α,β-unsaturated/α-hetero) is 1. The van der Waals surface area contributed by atoms with Gasteiger partial charge in [-0.25, -0.2) is 0 Å². The van der Waals surface area contributed by atoms with Crippen LogP contribution in [0.1, 0.15) is 32.1 Å². The molecule has 0 saturated heterocycles.